The highest BCUT2D eigenvalue weighted by Crippen LogP contribution is 2.16. The number of aromatic nitrogens is 1. The number of aryl methyl sites for hydroxylation is 1. The van der Waals surface area contributed by atoms with E-state index in [0.717, 1.165) is 16.5 Å². The highest BCUT2D eigenvalue weighted by molar-refractivity contribution is 5.98. The lowest BCUT2D eigenvalue weighted by Crippen LogP contribution is -2.28. The van der Waals surface area contributed by atoms with Crippen molar-refractivity contribution in [3.8, 4) is 0 Å². The number of ether oxygens (including phenoxy) is 1. The molecular formula is C14H16N2O4. The van der Waals surface area contributed by atoms with Crippen molar-refractivity contribution in [3.63, 3.8) is 0 Å². The molecule has 0 aliphatic rings. The van der Waals surface area contributed by atoms with Gasteiger partial charge < -0.3 is 20.1 Å². The zero-order valence-corrected chi connectivity index (χ0v) is 11.1. The number of rotatable bonds is 6. The molecule has 0 atom stereocenters. The second-order valence-corrected chi connectivity index (χ2v) is 4.48. The van der Waals surface area contributed by atoms with Crippen LogP contribution in [0.2, 0.25) is 0 Å². The predicted octanol–water partition coefficient (Wildman–Crippen LogP) is 1.31. The maximum atomic E-state index is 11.9. The normalized spacial score (nSPS) is 10.7. The molecule has 0 aliphatic carbocycles. The lowest BCUT2D eigenvalue weighted by atomic mass is 10.2. The van der Waals surface area contributed by atoms with E-state index in [-0.39, 0.29) is 25.7 Å². The lowest BCUT2D eigenvalue weighted by molar-refractivity contribution is -0.142. The van der Waals surface area contributed by atoms with Crippen LogP contribution in [0.25, 0.3) is 10.9 Å². The van der Waals surface area contributed by atoms with Gasteiger partial charge in [-0.3, -0.25) is 4.79 Å². The Balaban J connectivity index is 1.89. The largest absolute Gasteiger partial charge is 0.480 e. The number of H-pyrrole nitrogens is 1. The van der Waals surface area contributed by atoms with Gasteiger partial charge in [-0.05, 0) is 24.6 Å². The number of carboxylic acids is 1. The summed E-state index contributed by atoms with van der Waals surface area (Å²) in [5.41, 5.74) is 2.51. The average molecular weight is 276 g/mol. The average Bonchev–Trinajstić information content (AvgIpc) is 2.80. The topological polar surface area (TPSA) is 91.4 Å². The summed E-state index contributed by atoms with van der Waals surface area (Å²) in [4.78, 5) is 25.2. The molecular weight excluding hydrogens is 260 g/mol. The molecule has 0 saturated carbocycles. The third-order valence-electron chi connectivity index (χ3n) is 2.78. The van der Waals surface area contributed by atoms with Crippen LogP contribution in [0.5, 0.6) is 0 Å². The molecule has 1 aromatic carbocycles. The van der Waals surface area contributed by atoms with Gasteiger partial charge in [-0.1, -0.05) is 12.1 Å². The third kappa shape index (κ3) is 3.58. The molecule has 3 N–H and O–H groups in total. The molecule has 6 heteroatoms. The summed E-state index contributed by atoms with van der Waals surface area (Å²) in [6, 6.07) is 7.69. The molecule has 0 spiro atoms. The predicted molar refractivity (Wildman–Crippen MR) is 73.8 cm³/mol. The van der Waals surface area contributed by atoms with Crippen molar-refractivity contribution in [2.45, 2.75) is 6.92 Å². The first-order valence-corrected chi connectivity index (χ1v) is 6.23. The Morgan fingerprint density at radius 2 is 2.15 bits per heavy atom. The molecule has 0 saturated heterocycles. The van der Waals surface area contributed by atoms with Crippen molar-refractivity contribution in [1.29, 1.82) is 0 Å². The van der Waals surface area contributed by atoms with Crippen LogP contribution in [0.3, 0.4) is 0 Å². The summed E-state index contributed by atoms with van der Waals surface area (Å²) < 4.78 is 4.83. The van der Waals surface area contributed by atoms with Crippen LogP contribution < -0.4 is 5.32 Å². The SMILES string of the molecule is Cc1ccc2cc(C(=O)NCCOCC(=O)O)[nH]c2c1. The minimum absolute atomic E-state index is 0.164. The molecule has 2 rings (SSSR count). The van der Waals surface area contributed by atoms with E-state index in [9.17, 15) is 9.59 Å². The van der Waals surface area contributed by atoms with Gasteiger partial charge in [-0.25, -0.2) is 4.79 Å². The van der Waals surface area contributed by atoms with Crippen LogP contribution in [0.4, 0.5) is 0 Å². The smallest absolute Gasteiger partial charge is 0.329 e. The Hall–Kier alpha value is -2.34. The molecule has 1 aromatic heterocycles. The fourth-order valence-electron chi connectivity index (χ4n) is 1.85. The van der Waals surface area contributed by atoms with Gasteiger partial charge >= 0.3 is 5.97 Å². The molecule has 20 heavy (non-hydrogen) atoms. The summed E-state index contributed by atoms with van der Waals surface area (Å²) >= 11 is 0. The second-order valence-electron chi connectivity index (χ2n) is 4.48. The number of benzene rings is 1. The zero-order valence-electron chi connectivity index (χ0n) is 11.1. The van der Waals surface area contributed by atoms with Crippen LogP contribution in [0.15, 0.2) is 24.3 Å². The molecule has 106 valence electrons. The van der Waals surface area contributed by atoms with Crippen molar-refractivity contribution < 1.29 is 19.4 Å². The van der Waals surface area contributed by atoms with Gasteiger partial charge in [0, 0.05) is 17.4 Å². The van der Waals surface area contributed by atoms with Crippen molar-refractivity contribution in [2.24, 2.45) is 0 Å². The van der Waals surface area contributed by atoms with Crippen LogP contribution in [-0.4, -0.2) is 41.7 Å². The van der Waals surface area contributed by atoms with Crippen LogP contribution >= 0.6 is 0 Å². The summed E-state index contributed by atoms with van der Waals surface area (Å²) in [7, 11) is 0. The molecule has 0 aliphatic heterocycles. The lowest BCUT2D eigenvalue weighted by Gasteiger charge is -2.03. The number of carbonyl (C=O) groups excluding carboxylic acids is 1. The van der Waals surface area contributed by atoms with E-state index >= 15 is 0 Å². The minimum atomic E-state index is -1.03. The van der Waals surface area contributed by atoms with E-state index in [0.29, 0.717) is 5.69 Å². The van der Waals surface area contributed by atoms with Gasteiger partial charge in [0.2, 0.25) is 0 Å². The maximum absolute atomic E-state index is 11.9. The number of aliphatic carboxylic acids is 1. The Kier molecular flexibility index (Phi) is 4.37. The fraction of sp³-hybridized carbons (Fsp3) is 0.286. The number of hydrogen-bond acceptors (Lipinski definition) is 3. The van der Waals surface area contributed by atoms with Crippen molar-refractivity contribution in [1.82, 2.24) is 10.3 Å². The Labute approximate surface area is 115 Å². The number of amides is 1. The number of aromatic amines is 1. The molecule has 1 amide bonds. The van der Waals surface area contributed by atoms with Gasteiger partial charge in [0.25, 0.3) is 5.91 Å². The van der Waals surface area contributed by atoms with E-state index < -0.39 is 5.97 Å². The van der Waals surface area contributed by atoms with E-state index in [2.05, 4.69) is 10.3 Å². The van der Waals surface area contributed by atoms with Gasteiger partial charge in [0.05, 0.1) is 6.61 Å². The van der Waals surface area contributed by atoms with Gasteiger partial charge in [0.15, 0.2) is 0 Å². The quantitative estimate of drug-likeness (QED) is 0.694. The highest BCUT2D eigenvalue weighted by Gasteiger charge is 2.08. The number of hydrogen-bond donors (Lipinski definition) is 3. The highest BCUT2D eigenvalue weighted by atomic mass is 16.5. The molecule has 0 bridgehead atoms. The molecule has 2 aromatic rings. The van der Waals surface area contributed by atoms with Crippen LogP contribution in [-0.2, 0) is 9.53 Å². The molecule has 1 heterocycles. The Morgan fingerprint density at radius 3 is 2.90 bits per heavy atom. The van der Waals surface area contributed by atoms with Crippen molar-refractivity contribution >= 4 is 22.8 Å². The number of carbonyl (C=O) groups is 2. The first-order chi connectivity index (χ1) is 9.56. The van der Waals surface area contributed by atoms with Crippen LogP contribution in [0, 0.1) is 6.92 Å². The molecule has 0 fully saturated rings. The van der Waals surface area contributed by atoms with Crippen molar-refractivity contribution in [2.75, 3.05) is 19.8 Å². The number of nitrogens with one attached hydrogen (secondary N) is 2. The fourth-order valence-corrected chi connectivity index (χ4v) is 1.85. The summed E-state index contributed by atoms with van der Waals surface area (Å²) in [5, 5.41) is 12.0. The third-order valence-corrected chi connectivity index (χ3v) is 2.78. The van der Waals surface area contributed by atoms with Gasteiger partial charge in [-0.15, -0.1) is 0 Å². The van der Waals surface area contributed by atoms with E-state index in [4.69, 9.17) is 9.84 Å². The van der Waals surface area contributed by atoms with E-state index in [1.165, 1.54) is 0 Å². The summed E-state index contributed by atoms with van der Waals surface area (Å²) in [6.07, 6.45) is 0. The second kappa shape index (κ2) is 6.21. The minimum Gasteiger partial charge on any atom is -0.480 e. The molecule has 0 radical (unpaired) electrons. The first kappa shape index (κ1) is 14.1. The maximum Gasteiger partial charge on any atom is 0.329 e. The summed E-state index contributed by atoms with van der Waals surface area (Å²) in [6.45, 7) is 2.05. The monoisotopic (exact) mass is 276 g/mol. The number of carboxylic acid groups (broad SMARTS) is 1. The van der Waals surface area contributed by atoms with Crippen molar-refractivity contribution in [3.05, 3.63) is 35.5 Å². The number of fused-ring (bicyclic) bond motifs is 1. The first-order valence-electron chi connectivity index (χ1n) is 6.23. The van der Waals surface area contributed by atoms with E-state index in [1.807, 2.05) is 25.1 Å². The Morgan fingerprint density at radius 1 is 1.35 bits per heavy atom. The molecule has 6 nitrogen and oxygen atoms in total. The molecule has 0 unspecified atom stereocenters. The standard InChI is InChI=1S/C14H16N2O4/c1-9-2-3-10-7-12(16-11(10)6-9)14(19)15-4-5-20-8-13(17)18/h2-3,6-7,16H,4-5,8H2,1H3,(H,15,19)(H,17,18). The van der Waals surface area contributed by atoms with Gasteiger partial charge in [0.1, 0.15) is 12.3 Å². The van der Waals surface area contributed by atoms with Gasteiger partial charge in [-0.2, -0.15) is 0 Å². The van der Waals surface area contributed by atoms with E-state index in [1.54, 1.807) is 6.07 Å². The Bertz CT molecular complexity index is 633. The zero-order chi connectivity index (χ0) is 14.5. The van der Waals surface area contributed by atoms with Crippen LogP contribution in [0.1, 0.15) is 16.1 Å². The summed E-state index contributed by atoms with van der Waals surface area (Å²) in [5.74, 6) is -1.26.